The van der Waals surface area contributed by atoms with Crippen LogP contribution in [-0.4, -0.2) is 14.8 Å². The van der Waals surface area contributed by atoms with Crippen LogP contribution in [0.4, 0.5) is 5.69 Å². The SMILES string of the molecule is CCCn1ncc(NCc2ncc(CC)s2)c(Cl)c1=O. The van der Waals surface area contributed by atoms with Crippen molar-refractivity contribution < 1.29 is 0 Å². The molecular formula is C13H17ClN4OS. The fourth-order valence-corrected chi connectivity index (χ4v) is 2.74. The average Bonchev–Trinajstić information content (AvgIpc) is 2.91. The highest BCUT2D eigenvalue weighted by Gasteiger charge is 2.09. The molecule has 0 aliphatic heterocycles. The molecule has 0 radical (unpaired) electrons. The zero-order valence-electron chi connectivity index (χ0n) is 11.5. The van der Waals surface area contributed by atoms with Gasteiger partial charge in [-0.1, -0.05) is 25.4 Å². The van der Waals surface area contributed by atoms with E-state index in [1.54, 1.807) is 17.5 Å². The van der Waals surface area contributed by atoms with Crippen LogP contribution < -0.4 is 10.9 Å². The molecule has 0 fully saturated rings. The van der Waals surface area contributed by atoms with Crippen molar-refractivity contribution in [1.29, 1.82) is 0 Å². The molecule has 0 bridgehead atoms. The maximum atomic E-state index is 12.0. The first-order valence-electron chi connectivity index (χ1n) is 6.58. The highest BCUT2D eigenvalue weighted by molar-refractivity contribution is 7.11. The molecule has 0 unspecified atom stereocenters. The van der Waals surface area contributed by atoms with Crippen molar-refractivity contribution >= 4 is 28.6 Å². The first kappa shape index (κ1) is 15.0. The van der Waals surface area contributed by atoms with Crippen LogP contribution in [0.2, 0.25) is 5.02 Å². The minimum atomic E-state index is -0.257. The van der Waals surface area contributed by atoms with Crippen molar-refractivity contribution in [2.24, 2.45) is 0 Å². The standard InChI is InChI=1S/C13H17ClN4OS/c1-3-5-18-13(19)12(14)10(7-17-18)15-8-11-16-6-9(4-2)20-11/h6-7,15H,3-5,8H2,1-2H3. The normalized spacial score (nSPS) is 10.8. The number of hydrogen-bond acceptors (Lipinski definition) is 5. The topological polar surface area (TPSA) is 59.8 Å². The Kier molecular flexibility index (Phi) is 5.14. The van der Waals surface area contributed by atoms with Crippen LogP contribution >= 0.6 is 22.9 Å². The molecule has 0 aliphatic carbocycles. The molecule has 1 N–H and O–H groups in total. The van der Waals surface area contributed by atoms with Gasteiger partial charge in [-0.3, -0.25) is 4.79 Å². The monoisotopic (exact) mass is 312 g/mol. The summed E-state index contributed by atoms with van der Waals surface area (Å²) in [5.41, 5.74) is 0.296. The highest BCUT2D eigenvalue weighted by atomic mass is 35.5. The Morgan fingerprint density at radius 2 is 2.20 bits per heavy atom. The first-order chi connectivity index (χ1) is 9.65. The van der Waals surface area contributed by atoms with E-state index in [1.165, 1.54) is 9.56 Å². The van der Waals surface area contributed by atoms with Gasteiger partial charge in [-0.15, -0.1) is 11.3 Å². The summed E-state index contributed by atoms with van der Waals surface area (Å²) in [6, 6.07) is 0. The van der Waals surface area contributed by atoms with E-state index in [1.807, 2.05) is 13.1 Å². The summed E-state index contributed by atoms with van der Waals surface area (Å²) in [7, 11) is 0. The van der Waals surface area contributed by atoms with E-state index in [2.05, 4.69) is 22.3 Å². The summed E-state index contributed by atoms with van der Waals surface area (Å²) in [6.45, 7) is 5.20. The maximum Gasteiger partial charge on any atom is 0.287 e. The van der Waals surface area contributed by atoms with Crippen molar-refractivity contribution in [3.8, 4) is 0 Å². The number of nitrogens with one attached hydrogen (secondary N) is 1. The summed E-state index contributed by atoms with van der Waals surface area (Å²) in [5, 5.41) is 8.37. The van der Waals surface area contributed by atoms with Crippen LogP contribution in [0.15, 0.2) is 17.2 Å². The van der Waals surface area contributed by atoms with Crippen molar-refractivity contribution in [2.45, 2.75) is 39.8 Å². The molecule has 0 saturated heterocycles. The fraction of sp³-hybridized carbons (Fsp3) is 0.462. The third-order valence-electron chi connectivity index (χ3n) is 2.80. The van der Waals surface area contributed by atoms with E-state index >= 15 is 0 Å². The van der Waals surface area contributed by atoms with Crippen LogP contribution in [0.5, 0.6) is 0 Å². The predicted octanol–water partition coefficient (Wildman–Crippen LogP) is 2.94. The largest absolute Gasteiger partial charge is 0.376 e. The van der Waals surface area contributed by atoms with Gasteiger partial charge in [-0.2, -0.15) is 5.10 Å². The molecule has 20 heavy (non-hydrogen) atoms. The predicted molar refractivity (Wildman–Crippen MR) is 82.6 cm³/mol. The second-order valence-corrected chi connectivity index (χ2v) is 5.91. The Morgan fingerprint density at radius 3 is 2.85 bits per heavy atom. The van der Waals surface area contributed by atoms with Gasteiger partial charge in [0.15, 0.2) is 0 Å². The summed E-state index contributed by atoms with van der Waals surface area (Å²) in [6.07, 6.45) is 5.29. The van der Waals surface area contributed by atoms with E-state index in [0.29, 0.717) is 18.8 Å². The number of nitrogens with zero attached hydrogens (tertiary/aromatic N) is 3. The number of aryl methyl sites for hydroxylation is 2. The molecule has 2 aromatic rings. The molecule has 7 heteroatoms. The van der Waals surface area contributed by atoms with Gasteiger partial charge in [0.1, 0.15) is 10.0 Å². The van der Waals surface area contributed by atoms with Gasteiger partial charge in [-0.05, 0) is 12.8 Å². The third-order valence-corrected chi connectivity index (χ3v) is 4.31. The number of rotatable bonds is 6. The van der Waals surface area contributed by atoms with Crippen LogP contribution in [-0.2, 0) is 19.5 Å². The van der Waals surface area contributed by atoms with E-state index in [-0.39, 0.29) is 10.6 Å². The van der Waals surface area contributed by atoms with E-state index in [4.69, 9.17) is 11.6 Å². The third kappa shape index (κ3) is 3.37. The summed E-state index contributed by atoms with van der Waals surface area (Å²) < 4.78 is 1.38. The molecule has 0 spiro atoms. The lowest BCUT2D eigenvalue weighted by Gasteiger charge is -2.08. The Labute approximate surface area is 126 Å². The lowest BCUT2D eigenvalue weighted by molar-refractivity contribution is 0.568. The smallest absolute Gasteiger partial charge is 0.287 e. The van der Waals surface area contributed by atoms with Crippen LogP contribution in [0.1, 0.15) is 30.2 Å². The van der Waals surface area contributed by atoms with E-state index in [0.717, 1.165) is 17.8 Å². The van der Waals surface area contributed by atoms with Gasteiger partial charge in [0.05, 0.1) is 18.4 Å². The zero-order chi connectivity index (χ0) is 14.5. The van der Waals surface area contributed by atoms with Gasteiger partial charge >= 0.3 is 0 Å². The maximum absolute atomic E-state index is 12.0. The zero-order valence-corrected chi connectivity index (χ0v) is 13.1. The van der Waals surface area contributed by atoms with E-state index < -0.39 is 0 Å². The first-order valence-corrected chi connectivity index (χ1v) is 7.78. The molecule has 0 amide bonds. The molecule has 108 valence electrons. The second-order valence-electron chi connectivity index (χ2n) is 4.33. The Bertz CT molecular complexity index is 638. The summed E-state index contributed by atoms with van der Waals surface area (Å²) in [4.78, 5) is 17.5. The Morgan fingerprint density at radius 1 is 1.40 bits per heavy atom. The second kappa shape index (κ2) is 6.85. The molecule has 0 saturated carbocycles. The highest BCUT2D eigenvalue weighted by Crippen LogP contribution is 2.18. The number of aromatic nitrogens is 3. The van der Waals surface area contributed by atoms with Gasteiger partial charge in [0.25, 0.3) is 5.56 Å². The van der Waals surface area contributed by atoms with Gasteiger partial charge in [-0.25, -0.2) is 9.67 Å². The minimum Gasteiger partial charge on any atom is -0.376 e. The Hall–Kier alpha value is -1.40. The molecule has 5 nitrogen and oxygen atoms in total. The van der Waals surface area contributed by atoms with Crippen LogP contribution in [0.3, 0.4) is 0 Å². The van der Waals surface area contributed by atoms with Crippen LogP contribution in [0, 0.1) is 0 Å². The number of halogens is 1. The van der Waals surface area contributed by atoms with Crippen molar-refractivity contribution in [2.75, 3.05) is 5.32 Å². The van der Waals surface area contributed by atoms with Crippen molar-refractivity contribution in [3.05, 3.63) is 37.7 Å². The van der Waals surface area contributed by atoms with Crippen LogP contribution in [0.25, 0.3) is 0 Å². The molecule has 2 aromatic heterocycles. The van der Waals surface area contributed by atoms with Crippen molar-refractivity contribution in [1.82, 2.24) is 14.8 Å². The molecule has 0 aliphatic rings. The molecular weight excluding hydrogens is 296 g/mol. The number of thiazole rings is 1. The van der Waals surface area contributed by atoms with Gasteiger partial charge in [0, 0.05) is 17.6 Å². The quantitative estimate of drug-likeness (QED) is 0.891. The summed E-state index contributed by atoms with van der Waals surface area (Å²) >= 11 is 7.73. The number of anilines is 1. The molecule has 2 heterocycles. The van der Waals surface area contributed by atoms with Gasteiger partial charge < -0.3 is 5.32 Å². The fourth-order valence-electron chi connectivity index (χ4n) is 1.72. The number of hydrogen-bond donors (Lipinski definition) is 1. The molecule has 2 rings (SSSR count). The minimum absolute atomic E-state index is 0.181. The van der Waals surface area contributed by atoms with Crippen molar-refractivity contribution in [3.63, 3.8) is 0 Å². The molecule has 0 aromatic carbocycles. The molecule has 0 atom stereocenters. The Balaban J connectivity index is 2.10. The van der Waals surface area contributed by atoms with E-state index in [9.17, 15) is 4.79 Å². The lowest BCUT2D eigenvalue weighted by atomic mass is 10.4. The average molecular weight is 313 g/mol. The lowest BCUT2D eigenvalue weighted by Crippen LogP contribution is -2.24. The summed E-state index contributed by atoms with van der Waals surface area (Å²) in [5.74, 6) is 0. The van der Waals surface area contributed by atoms with Gasteiger partial charge in [0.2, 0.25) is 0 Å².